The second-order valence-electron chi connectivity index (χ2n) is 5.88. The monoisotopic (exact) mass is 415 g/mol. The van der Waals surface area contributed by atoms with E-state index in [-0.39, 0.29) is 30.7 Å². The van der Waals surface area contributed by atoms with Crippen LogP contribution in [-0.4, -0.2) is 40.7 Å². The van der Waals surface area contributed by atoms with Crippen LogP contribution in [0.5, 0.6) is 0 Å². The lowest BCUT2D eigenvalue weighted by atomic mass is 10.1. The summed E-state index contributed by atoms with van der Waals surface area (Å²) in [6.07, 6.45) is 2.29. The van der Waals surface area contributed by atoms with Gasteiger partial charge in [-0.15, -0.1) is 0 Å². The number of anilines is 1. The minimum Gasteiger partial charge on any atom is -0.297 e. The fraction of sp³-hybridized carbons (Fsp3) is 0.263. The molecule has 0 atom stereocenters. The first-order valence-corrected chi connectivity index (χ1v) is 9.19. The molecule has 0 saturated carbocycles. The Morgan fingerprint density at radius 3 is 2.31 bits per heavy atom. The Hall–Kier alpha value is -2.54. The van der Waals surface area contributed by atoms with Gasteiger partial charge < -0.3 is 0 Å². The summed E-state index contributed by atoms with van der Waals surface area (Å²) < 4.78 is 0.843. The molecule has 1 aliphatic rings. The summed E-state index contributed by atoms with van der Waals surface area (Å²) >= 11 is 3.32. The molecular formula is C19H18BrN3O3. The molecule has 2 aromatic rings. The highest BCUT2D eigenvalue weighted by Gasteiger charge is 2.34. The van der Waals surface area contributed by atoms with Gasteiger partial charge in [-0.1, -0.05) is 12.1 Å². The lowest BCUT2D eigenvalue weighted by Gasteiger charge is -2.20. The molecule has 1 aromatic carbocycles. The zero-order valence-corrected chi connectivity index (χ0v) is 15.9. The quantitative estimate of drug-likeness (QED) is 0.678. The molecule has 1 aromatic heterocycles. The van der Waals surface area contributed by atoms with E-state index in [0.717, 1.165) is 4.47 Å². The molecule has 3 amide bonds. The first-order chi connectivity index (χ1) is 12.5. The van der Waals surface area contributed by atoms with Crippen molar-refractivity contribution < 1.29 is 14.4 Å². The Labute approximate surface area is 159 Å². The number of rotatable bonds is 6. The standard InChI is InChI=1S/C19H18BrN3O3/c1-2-22(16-10-9-13(20)12-21-16)17(24)8-5-11-23-18(25)14-6-3-4-7-15(14)19(23)26/h3-4,6-7,9-10,12H,2,5,8,11H2,1H3. The molecule has 0 fully saturated rings. The third-order valence-corrected chi connectivity index (χ3v) is 4.73. The number of carbonyl (C=O) groups excluding carboxylic acids is 3. The summed E-state index contributed by atoms with van der Waals surface area (Å²) in [6.45, 7) is 2.61. The molecule has 0 unspecified atom stereocenters. The SMILES string of the molecule is CCN(C(=O)CCCN1C(=O)c2ccccc2C1=O)c1ccc(Br)cn1. The third-order valence-electron chi connectivity index (χ3n) is 4.26. The molecule has 6 nitrogen and oxygen atoms in total. The number of amides is 3. The molecule has 0 bridgehead atoms. The minimum absolute atomic E-state index is 0.0843. The average molecular weight is 416 g/mol. The van der Waals surface area contributed by atoms with E-state index in [1.54, 1.807) is 41.4 Å². The number of hydrogen-bond donors (Lipinski definition) is 0. The topological polar surface area (TPSA) is 70.6 Å². The van der Waals surface area contributed by atoms with Gasteiger partial charge in [0.05, 0.1) is 11.1 Å². The maximum absolute atomic E-state index is 12.5. The Morgan fingerprint density at radius 1 is 1.12 bits per heavy atom. The molecule has 26 heavy (non-hydrogen) atoms. The van der Waals surface area contributed by atoms with E-state index in [4.69, 9.17) is 0 Å². The lowest BCUT2D eigenvalue weighted by Crippen LogP contribution is -2.34. The van der Waals surface area contributed by atoms with Crippen LogP contribution >= 0.6 is 15.9 Å². The highest BCUT2D eigenvalue weighted by Crippen LogP contribution is 2.23. The van der Waals surface area contributed by atoms with Crippen LogP contribution in [0, 0.1) is 0 Å². The molecule has 3 rings (SSSR count). The molecule has 7 heteroatoms. The van der Waals surface area contributed by atoms with Crippen molar-refractivity contribution in [2.45, 2.75) is 19.8 Å². The Kier molecular flexibility index (Phi) is 5.46. The Bertz CT molecular complexity index is 816. The van der Waals surface area contributed by atoms with Crippen molar-refractivity contribution >= 4 is 39.5 Å². The molecular weight excluding hydrogens is 398 g/mol. The lowest BCUT2D eigenvalue weighted by molar-refractivity contribution is -0.118. The van der Waals surface area contributed by atoms with E-state index < -0.39 is 0 Å². The molecule has 0 saturated heterocycles. The zero-order chi connectivity index (χ0) is 18.7. The minimum atomic E-state index is -0.292. The van der Waals surface area contributed by atoms with E-state index in [9.17, 15) is 14.4 Å². The number of carbonyl (C=O) groups is 3. The van der Waals surface area contributed by atoms with Gasteiger partial charge in [-0.05, 0) is 53.5 Å². The van der Waals surface area contributed by atoms with Crippen molar-refractivity contribution in [3.8, 4) is 0 Å². The predicted molar refractivity (Wildman–Crippen MR) is 101 cm³/mol. The summed E-state index contributed by atoms with van der Waals surface area (Å²) in [4.78, 5) is 44.2. The Balaban J connectivity index is 1.59. The number of nitrogens with zero attached hydrogens (tertiary/aromatic N) is 3. The van der Waals surface area contributed by atoms with Crippen molar-refractivity contribution in [2.75, 3.05) is 18.0 Å². The van der Waals surface area contributed by atoms with Gasteiger partial charge >= 0.3 is 0 Å². The molecule has 2 heterocycles. The number of halogens is 1. The van der Waals surface area contributed by atoms with Crippen LogP contribution in [0.1, 0.15) is 40.5 Å². The molecule has 0 radical (unpaired) electrons. The van der Waals surface area contributed by atoms with Crippen molar-refractivity contribution in [2.24, 2.45) is 0 Å². The summed E-state index contributed by atoms with van der Waals surface area (Å²) in [5, 5.41) is 0. The second kappa shape index (κ2) is 7.78. The van der Waals surface area contributed by atoms with Crippen molar-refractivity contribution in [3.05, 3.63) is 58.2 Å². The molecule has 1 aliphatic heterocycles. The number of hydrogen-bond acceptors (Lipinski definition) is 4. The number of imide groups is 1. The van der Waals surface area contributed by atoms with Crippen molar-refractivity contribution in [3.63, 3.8) is 0 Å². The molecule has 0 N–H and O–H groups in total. The van der Waals surface area contributed by atoms with Gasteiger partial charge in [0, 0.05) is 30.2 Å². The fourth-order valence-electron chi connectivity index (χ4n) is 2.96. The zero-order valence-electron chi connectivity index (χ0n) is 14.3. The van der Waals surface area contributed by atoms with Crippen molar-refractivity contribution in [1.29, 1.82) is 0 Å². The third kappa shape index (κ3) is 3.53. The number of benzene rings is 1. The number of fused-ring (bicyclic) bond motifs is 1. The number of pyridine rings is 1. The van der Waals surface area contributed by atoms with Crippen LogP contribution in [-0.2, 0) is 4.79 Å². The molecule has 134 valence electrons. The van der Waals surface area contributed by atoms with Gasteiger partial charge in [-0.25, -0.2) is 4.98 Å². The van der Waals surface area contributed by atoms with Gasteiger partial charge in [0.25, 0.3) is 11.8 Å². The first kappa shape index (κ1) is 18.3. The summed E-state index contributed by atoms with van der Waals surface area (Å²) in [6, 6.07) is 10.4. The fourth-order valence-corrected chi connectivity index (χ4v) is 3.19. The van der Waals surface area contributed by atoms with Crippen LogP contribution < -0.4 is 4.90 Å². The van der Waals surface area contributed by atoms with Crippen LogP contribution in [0.4, 0.5) is 5.82 Å². The van der Waals surface area contributed by atoms with E-state index >= 15 is 0 Å². The predicted octanol–water partition coefficient (Wildman–Crippen LogP) is 3.27. The molecule has 0 aliphatic carbocycles. The van der Waals surface area contributed by atoms with E-state index in [1.165, 1.54) is 4.90 Å². The summed E-state index contributed by atoms with van der Waals surface area (Å²) in [7, 11) is 0. The van der Waals surface area contributed by atoms with Crippen LogP contribution in [0.15, 0.2) is 47.1 Å². The largest absolute Gasteiger partial charge is 0.297 e. The van der Waals surface area contributed by atoms with Gasteiger partial charge in [-0.2, -0.15) is 0 Å². The average Bonchev–Trinajstić information content (AvgIpc) is 2.89. The van der Waals surface area contributed by atoms with Crippen LogP contribution in [0.25, 0.3) is 0 Å². The summed E-state index contributed by atoms with van der Waals surface area (Å²) in [5.74, 6) is -0.0830. The van der Waals surface area contributed by atoms with Crippen molar-refractivity contribution in [1.82, 2.24) is 9.88 Å². The number of aromatic nitrogens is 1. The first-order valence-electron chi connectivity index (χ1n) is 8.40. The van der Waals surface area contributed by atoms with Gasteiger partial charge in [-0.3, -0.25) is 24.2 Å². The molecule has 0 spiro atoms. The van der Waals surface area contributed by atoms with Crippen LogP contribution in [0.2, 0.25) is 0 Å². The Morgan fingerprint density at radius 2 is 1.77 bits per heavy atom. The van der Waals surface area contributed by atoms with Gasteiger partial charge in [0.15, 0.2) is 0 Å². The smallest absolute Gasteiger partial charge is 0.261 e. The highest BCUT2D eigenvalue weighted by atomic mass is 79.9. The highest BCUT2D eigenvalue weighted by molar-refractivity contribution is 9.10. The van der Waals surface area contributed by atoms with E-state index in [1.807, 2.05) is 13.0 Å². The van der Waals surface area contributed by atoms with Gasteiger partial charge in [0.1, 0.15) is 5.82 Å². The van der Waals surface area contributed by atoms with E-state index in [0.29, 0.717) is 29.9 Å². The normalized spacial score (nSPS) is 13.1. The maximum atomic E-state index is 12.5. The van der Waals surface area contributed by atoms with Crippen LogP contribution in [0.3, 0.4) is 0 Å². The maximum Gasteiger partial charge on any atom is 0.261 e. The van der Waals surface area contributed by atoms with Gasteiger partial charge in [0.2, 0.25) is 5.91 Å². The summed E-state index contributed by atoms with van der Waals surface area (Å²) in [5.41, 5.74) is 0.858. The van der Waals surface area contributed by atoms with E-state index in [2.05, 4.69) is 20.9 Å². The second-order valence-corrected chi connectivity index (χ2v) is 6.80.